The van der Waals surface area contributed by atoms with Gasteiger partial charge in [0.2, 0.25) is 0 Å². The highest BCUT2D eigenvalue weighted by atomic mass is 19.1. The molecule has 2 aromatic heterocycles. The van der Waals surface area contributed by atoms with Crippen LogP contribution in [0.3, 0.4) is 0 Å². The molecule has 2 aromatic carbocycles. The van der Waals surface area contributed by atoms with Gasteiger partial charge in [0, 0.05) is 24.0 Å². The summed E-state index contributed by atoms with van der Waals surface area (Å²) in [4.78, 5) is 18.2. The minimum Gasteiger partial charge on any atom is -0.485 e. The lowest BCUT2D eigenvalue weighted by Crippen LogP contribution is -2.35. The minimum atomic E-state index is -0.828. The second kappa shape index (κ2) is 9.44. The first-order valence-electron chi connectivity index (χ1n) is 11.7. The zero-order valence-electron chi connectivity index (χ0n) is 19.7. The number of fused-ring (bicyclic) bond motifs is 2. The van der Waals surface area contributed by atoms with Gasteiger partial charge in [0.05, 0.1) is 24.5 Å². The Morgan fingerprint density at radius 2 is 1.81 bits per heavy atom. The molecule has 186 valence electrons. The molecular formula is C28H26F2N2O4. The Bertz CT molecular complexity index is 1420. The summed E-state index contributed by atoms with van der Waals surface area (Å²) in [5.74, 6) is -1.67. The van der Waals surface area contributed by atoms with E-state index in [0.29, 0.717) is 23.5 Å². The first-order valence-corrected chi connectivity index (χ1v) is 11.7. The second-order valence-corrected chi connectivity index (χ2v) is 9.33. The Kier molecular flexibility index (Phi) is 6.32. The lowest BCUT2D eigenvalue weighted by molar-refractivity contribution is 0.0376. The highest BCUT2D eigenvalue weighted by Crippen LogP contribution is 2.49. The third kappa shape index (κ3) is 3.96. The highest BCUT2D eigenvalue weighted by molar-refractivity contribution is 5.97. The van der Waals surface area contributed by atoms with Crippen molar-refractivity contribution < 1.29 is 28.5 Å². The summed E-state index contributed by atoms with van der Waals surface area (Å²) < 4.78 is 35.4. The van der Waals surface area contributed by atoms with E-state index in [1.165, 1.54) is 18.2 Å². The van der Waals surface area contributed by atoms with Crippen molar-refractivity contribution in [3.63, 3.8) is 0 Å². The molecule has 1 aliphatic rings. The van der Waals surface area contributed by atoms with Crippen molar-refractivity contribution in [1.82, 2.24) is 9.38 Å². The maximum atomic E-state index is 14.0. The third-order valence-electron chi connectivity index (χ3n) is 7.22. The quantitative estimate of drug-likeness (QED) is 0.357. The van der Waals surface area contributed by atoms with Crippen molar-refractivity contribution in [2.45, 2.75) is 32.3 Å². The zero-order chi connectivity index (χ0) is 25.4. The molecule has 1 atom stereocenters. The summed E-state index contributed by atoms with van der Waals surface area (Å²) in [6.45, 7) is 0.899. The van der Waals surface area contributed by atoms with Crippen LogP contribution in [0.15, 0.2) is 60.8 Å². The summed E-state index contributed by atoms with van der Waals surface area (Å²) >= 11 is 0. The number of pyridine rings is 1. The number of imidazole rings is 1. The number of nitrogens with zero attached hydrogens (tertiary/aromatic N) is 2. The molecule has 0 saturated carbocycles. The van der Waals surface area contributed by atoms with Crippen LogP contribution in [0.25, 0.3) is 5.65 Å². The molecule has 0 spiro atoms. The Morgan fingerprint density at radius 1 is 1.08 bits per heavy atom. The van der Waals surface area contributed by atoms with Crippen LogP contribution in [0, 0.1) is 24.0 Å². The third-order valence-corrected chi connectivity index (χ3v) is 7.22. The van der Waals surface area contributed by atoms with Crippen LogP contribution in [0.2, 0.25) is 0 Å². The number of carbonyl (C=O) groups is 1. The SMILES string of the molecule is Cc1nc2c(OCc3c(F)cccc3F)cccn2c1C(=O)CC1c2ccccc2CC1(CO)CO. The molecule has 36 heavy (non-hydrogen) atoms. The number of benzene rings is 2. The van der Waals surface area contributed by atoms with Crippen LogP contribution in [-0.2, 0) is 13.0 Å². The second-order valence-electron chi connectivity index (χ2n) is 9.33. The summed E-state index contributed by atoms with van der Waals surface area (Å²) in [7, 11) is 0. The lowest BCUT2D eigenvalue weighted by Gasteiger charge is -2.32. The fraction of sp³-hybridized carbons (Fsp3) is 0.286. The molecule has 0 radical (unpaired) electrons. The topological polar surface area (TPSA) is 84.1 Å². The first-order chi connectivity index (χ1) is 17.4. The van der Waals surface area contributed by atoms with E-state index in [1.54, 1.807) is 29.7 Å². The monoisotopic (exact) mass is 492 g/mol. The molecule has 0 bridgehead atoms. The van der Waals surface area contributed by atoms with Gasteiger partial charge in [0.15, 0.2) is 17.2 Å². The largest absolute Gasteiger partial charge is 0.485 e. The van der Waals surface area contributed by atoms with Crippen LogP contribution < -0.4 is 4.74 Å². The molecule has 8 heteroatoms. The average molecular weight is 493 g/mol. The summed E-state index contributed by atoms with van der Waals surface area (Å²) in [6.07, 6.45) is 2.26. The van der Waals surface area contributed by atoms with Gasteiger partial charge in [-0.3, -0.25) is 9.20 Å². The van der Waals surface area contributed by atoms with Gasteiger partial charge in [-0.1, -0.05) is 30.3 Å². The molecule has 2 N–H and O–H groups in total. The van der Waals surface area contributed by atoms with E-state index in [-0.39, 0.29) is 49.3 Å². The molecular weight excluding hydrogens is 466 g/mol. The number of carbonyl (C=O) groups excluding carboxylic acids is 1. The normalized spacial score (nSPS) is 16.3. The average Bonchev–Trinajstić information content (AvgIpc) is 3.38. The standard InChI is InChI=1S/C28H26F2N2O4/c1-17-26(24(35)12-21-19-7-3-2-6-18(19)13-28(21,15-33)16-34)32-11-5-10-25(27(32)31-17)36-14-20-22(29)8-4-9-23(20)30/h2-11,21,33-34H,12-16H2,1H3. The van der Waals surface area contributed by atoms with Crippen molar-refractivity contribution in [2.75, 3.05) is 13.2 Å². The molecule has 0 aliphatic heterocycles. The summed E-state index contributed by atoms with van der Waals surface area (Å²) in [5.41, 5.74) is 2.16. The van der Waals surface area contributed by atoms with Crippen molar-refractivity contribution in [3.8, 4) is 5.75 Å². The van der Waals surface area contributed by atoms with Gasteiger partial charge in [-0.05, 0) is 48.7 Å². The van der Waals surface area contributed by atoms with Crippen molar-refractivity contribution in [1.29, 1.82) is 0 Å². The molecule has 5 rings (SSSR count). The molecule has 2 heterocycles. The van der Waals surface area contributed by atoms with Crippen LogP contribution >= 0.6 is 0 Å². The lowest BCUT2D eigenvalue weighted by atomic mass is 9.74. The van der Waals surface area contributed by atoms with E-state index in [1.807, 2.05) is 24.3 Å². The van der Waals surface area contributed by atoms with E-state index in [0.717, 1.165) is 11.1 Å². The van der Waals surface area contributed by atoms with E-state index in [4.69, 9.17) is 4.74 Å². The number of aliphatic hydroxyl groups is 2. The number of rotatable bonds is 8. The van der Waals surface area contributed by atoms with Gasteiger partial charge < -0.3 is 14.9 Å². The van der Waals surface area contributed by atoms with Gasteiger partial charge >= 0.3 is 0 Å². The molecule has 6 nitrogen and oxygen atoms in total. The van der Waals surface area contributed by atoms with E-state index >= 15 is 0 Å². The van der Waals surface area contributed by atoms with Gasteiger partial charge in [0.1, 0.15) is 23.9 Å². The number of aliphatic hydroxyl groups excluding tert-OH is 2. The molecule has 4 aromatic rings. The van der Waals surface area contributed by atoms with Crippen molar-refractivity contribution >= 4 is 11.4 Å². The number of halogens is 2. The zero-order valence-corrected chi connectivity index (χ0v) is 19.7. The van der Waals surface area contributed by atoms with Gasteiger partial charge in [-0.2, -0.15) is 0 Å². The van der Waals surface area contributed by atoms with E-state index in [2.05, 4.69) is 4.98 Å². The van der Waals surface area contributed by atoms with Gasteiger partial charge in [0.25, 0.3) is 0 Å². The van der Waals surface area contributed by atoms with Crippen LogP contribution in [0.4, 0.5) is 8.78 Å². The van der Waals surface area contributed by atoms with Crippen molar-refractivity contribution in [3.05, 3.63) is 101 Å². The molecule has 0 saturated heterocycles. The Labute approximate surface area is 206 Å². The molecule has 0 amide bonds. The Hall–Kier alpha value is -3.62. The van der Waals surface area contributed by atoms with E-state index in [9.17, 15) is 23.8 Å². The molecule has 0 fully saturated rings. The minimum absolute atomic E-state index is 0.0816. The summed E-state index contributed by atoms with van der Waals surface area (Å²) in [6, 6.07) is 14.6. The van der Waals surface area contributed by atoms with Gasteiger partial charge in [-0.15, -0.1) is 0 Å². The molecule has 1 aliphatic carbocycles. The first kappa shape index (κ1) is 24.1. The maximum Gasteiger partial charge on any atom is 0.182 e. The number of hydrogen-bond donors (Lipinski definition) is 2. The fourth-order valence-corrected chi connectivity index (χ4v) is 5.28. The van der Waals surface area contributed by atoms with Crippen LogP contribution in [0.5, 0.6) is 5.75 Å². The molecule has 1 unspecified atom stereocenters. The number of aryl methyl sites for hydroxylation is 1. The summed E-state index contributed by atoms with van der Waals surface area (Å²) in [5, 5.41) is 20.4. The van der Waals surface area contributed by atoms with Gasteiger partial charge in [-0.25, -0.2) is 13.8 Å². The number of hydrogen-bond acceptors (Lipinski definition) is 5. The number of ketones is 1. The fourth-order valence-electron chi connectivity index (χ4n) is 5.28. The predicted molar refractivity (Wildman–Crippen MR) is 129 cm³/mol. The highest BCUT2D eigenvalue weighted by Gasteiger charge is 2.46. The smallest absolute Gasteiger partial charge is 0.182 e. The maximum absolute atomic E-state index is 14.0. The van der Waals surface area contributed by atoms with E-state index < -0.39 is 17.0 Å². The van der Waals surface area contributed by atoms with Crippen LogP contribution in [0.1, 0.15) is 45.2 Å². The number of aromatic nitrogens is 2. The van der Waals surface area contributed by atoms with Crippen molar-refractivity contribution in [2.24, 2.45) is 5.41 Å². The Balaban J connectivity index is 1.46. The number of Topliss-reactive ketones (excluding diaryl/α,β-unsaturated/α-hetero) is 1. The van der Waals surface area contributed by atoms with Crippen LogP contribution in [-0.4, -0.2) is 38.6 Å². The predicted octanol–water partition coefficient (Wildman–Crippen LogP) is 4.38. The Morgan fingerprint density at radius 3 is 2.53 bits per heavy atom. The number of ether oxygens (including phenoxy) is 1.